The van der Waals surface area contributed by atoms with Crippen LogP contribution in [-0.2, 0) is 6.54 Å². The zero-order chi connectivity index (χ0) is 10.7. The van der Waals surface area contributed by atoms with Crippen molar-refractivity contribution in [2.45, 2.75) is 13.5 Å². The number of aromatic nitrogens is 1. The predicted octanol–water partition coefficient (Wildman–Crippen LogP) is 2.08. The first-order chi connectivity index (χ1) is 7.29. The second-order valence-corrected chi connectivity index (χ2v) is 4.50. The minimum atomic E-state index is 0.670. The van der Waals surface area contributed by atoms with Gasteiger partial charge in [-0.2, -0.15) is 0 Å². The van der Waals surface area contributed by atoms with Crippen LogP contribution >= 0.6 is 11.3 Å². The Labute approximate surface area is 92.9 Å². The highest BCUT2D eigenvalue weighted by atomic mass is 32.1. The summed E-state index contributed by atoms with van der Waals surface area (Å²) in [5.74, 6) is 5.26. The van der Waals surface area contributed by atoms with Gasteiger partial charge < -0.3 is 0 Å². The standard InChI is InChI=1S/C11H13N3S/c1-8-3-2-4-9(5-8)11-13-6-10(15-11)7-14-12/h2-6,14H,7,12H2,1H3. The van der Waals surface area contributed by atoms with Gasteiger partial charge in [-0.1, -0.05) is 23.8 Å². The summed E-state index contributed by atoms with van der Waals surface area (Å²) in [6, 6.07) is 8.34. The van der Waals surface area contributed by atoms with E-state index in [1.54, 1.807) is 11.3 Å². The number of nitrogens with two attached hydrogens (primary N) is 1. The van der Waals surface area contributed by atoms with Gasteiger partial charge in [-0.3, -0.25) is 11.3 Å². The molecule has 3 N–H and O–H groups in total. The number of benzene rings is 1. The normalized spacial score (nSPS) is 10.5. The number of nitrogens with zero attached hydrogens (tertiary/aromatic N) is 1. The maximum absolute atomic E-state index is 5.26. The molecule has 3 nitrogen and oxygen atoms in total. The Bertz CT molecular complexity index is 451. The van der Waals surface area contributed by atoms with E-state index in [2.05, 4.69) is 35.5 Å². The van der Waals surface area contributed by atoms with E-state index in [1.165, 1.54) is 11.1 Å². The lowest BCUT2D eigenvalue weighted by Crippen LogP contribution is -2.19. The van der Waals surface area contributed by atoms with Crippen LogP contribution in [0.25, 0.3) is 10.6 Å². The van der Waals surface area contributed by atoms with Gasteiger partial charge in [0.15, 0.2) is 0 Å². The lowest BCUT2D eigenvalue weighted by Gasteiger charge is -1.97. The molecule has 0 aliphatic rings. The van der Waals surface area contributed by atoms with Crippen LogP contribution in [0.2, 0.25) is 0 Å². The summed E-state index contributed by atoms with van der Waals surface area (Å²) in [6.07, 6.45) is 1.86. The summed E-state index contributed by atoms with van der Waals surface area (Å²) < 4.78 is 0. The maximum Gasteiger partial charge on any atom is 0.123 e. The Morgan fingerprint density at radius 2 is 2.33 bits per heavy atom. The van der Waals surface area contributed by atoms with Crippen molar-refractivity contribution in [2.75, 3.05) is 0 Å². The third kappa shape index (κ3) is 2.41. The first-order valence-corrected chi connectivity index (χ1v) is 5.56. The lowest BCUT2D eigenvalue weighted by molar-refractivity contribution is 0.750. The molecule has 0 fully saturated rings. The van der Waals surface area contributed by atoms with Gasteiger partial charge in [0.05, 0.1) is 0 Å². The molecule has 1 aromatic carbocycles. The molecule has 0 bridgehead atoms. The molecule has 0 atom stereocenters. The number of hydrogen-bond donors (Lipinski definition) is 2. The van der Waals surface area contributed by atoms with E-state index in [4.69, 9.17) is 5.84 Å². The molecule has 0 radical (unpaired) electrons. The number of hydrogen-bond acceptors (Lipinski definition) is 4. The number of hydrazine groups is 1. The van der Waals surface area contributed by atoms with Crippen LogP contribution in [0.1, 0.15) is 10.4 Å². The Balaban J connectivity index is 2.29. The van der Waals surface area contributed by atoms with E-state index < -0.39 is 0 Å². The topological polar surface area (TPSA) is 50.9 Å². The predicted molar refractivity (Wildman–Crippen MR) is 63.3 cm³/mol. The molecule has 1 aromatic heterocycles. The van der Waals surface area contributed by atoms with E-state index in [-0.39, 0.29) is 0 Å². The highest BCUT2D eigenvalue weighted by Crippen LogP contribution is 2.25. The quantitative estimate of drug-likeness (QED) is 0.614. The van der Waals surface area contributed by atoms with Crippen molar-refractivity contribution in [2.24, 2.45) is 5.84 Å². The van der Waals surface area contributed by atoms with E-state index in [0.717, 1.165) is 9.88 Å². The van der Waals surface area contributed by atoms with Crippen molar-refractivity contribution < 1.29 is 0 Å². The molecule has 2 rings (SSSR count). The summed E-state index contributed by atoms with van der Waals surface area (Å²) in [5.41, 5.74) is 5.05. The van der Waals surface area contributed by atoms with Gasteiger partial charge in [0.1, 0.15) is 5.01 Å². The monoisotopic (exact) mass is 219 g/mol. The average molecular weight is 219 g/mol. The first kappa shape index (κ1) is 10.3. The SMILES string of the molecule is Cc1cccc(-c2ncc(CNN)s2)c1. The Kier molecular flexibility index (Phi) is 3.11. The van der Waals surface area contributed by atoms with Crippen molar-refractivity contribution in [1.29, 1.82) is 0 Å². The Hall–Kier alpha value is -1.23. The molecule has 0 saturated carbocycles. The molecule has 0 aliphatic heterocycles. The van der Waals surface area contributed by atoms with Gasteiger partial charge in [0.25, 0.3) is 0 Å². The van der Waals surface area contributed by atoms with E-state index in [1.807, 2.05) is 12.3 Å². The van der Waals surface area contributed by atoms with Crippen LogP contribution in [0, 0.1) is 6.92 Å². The van der Waals surface area contributed by atoms with Crippen molar-refractivity contribution >= 4 is 11.3 Å². The molecule has 1 heterocycles. The Morgan fingerprint density at radius 3 is 3.07 bits per heavy atom. The second-order valence-electron chi connectivity index (χ2n) is 3.38. The van der Waals surface area contributed by atoms with E-state index >= 15 is 0 Å². The van der Waals surface area contributed by atoms with Crippen LogP contribution < -0.4 is 11.3 Å². The fourth-order valence-electron chi connectivity index (χ4n) is 1.40. The number of rotatable bonds is 3. The summed E-state index contributed by atoms with van der Waals surface area (Å²) in [5, 5.41) is 1.05. The van der Waals surface area contributed by atoms with Crippen molar-refractivity contribution in [3.63, 3.8) is 0 Å². The zero-order valence-electron chi connectivity index (χ0n) is 8.53. The molecule has 0 spiro atoms. The van der Waals surface area contributed by atoms with Crippen LogP contribution in [0.5, 0.6) is 0 Å². The molecular weight excluding hydrogens is 206 g/mol. The van der Waals surface area contributed by atoms with Gasteiger partial charge in [-0.05, 0) is 13.0 Å². The van der Waals surface area contributed by atoms with Crippen LogP contribution in [0.3, 0.4) is 0 Å². The molecule has 78 valence electrons. The lowest BCUT2D eigenvalue weighted by atomic mass is 10.1. The van der Waals surface area contributed by atoms with Gasteiger partial charge in [-0.25, -0.2) is 4.98 Å². The molecule has 0 saturated heterocycles. The highest BCUT2D eigenvalue weighted by Gasteiger charge is 2.03. The van der Waals surface area contributed by atoms with Gasteiger partial charge in [-0.15, -0.1) is 11.3 Å². The maximum atomic E-state index is 5.26. The molecule has 2 aromatic rings. The molecule has 0 amide bonds. The summed E-state index contributed by atoms with van der Waals surface area (Å²) in [7, 11) is 0. The fourth-order valence-corrected chi connectivity index (χ4v) is 2.26. The molecule has 15 heavy (non-hydrogen) atoms. The smallest absolute Gasteiger partial charge is 0.123 e. The largest absolute Gasteiger partial charge is 0.271 e. The van der Waals surface area contributed by atoms with Gasteiger partial charge in [0, 0.05) is 23.2 Å². The third-order valence-corrected chi connectivity index (χ3v) is 3.14. The van der Waals surface area contributed by atoms with Crippen LogP contribution in [0.15, 0.2) is 30.5 Å². The third-order valence-electron chi connectivity index (χ3n) is 2.09. The summed E-state index contributed by atoms with van der Waals surface area (Å²) >= 11 is 1.67. The highest BCUT2D eigenvalue weighted by molar-refractivity contribution is 7.15. The van der Waals surface area contributed by atoms with Crippen molar-refractivity contribution in [1.82, 2.24) is 10.4 Å². The van der Waals surface area contributed by atoms with Crippen LogP contribution in [-0.4, -0.2) is 4.98 Å². The number of aryl methyl sites for hydroxylation is 1. The fraction of sp³-hybridized carbons (Fsp3) is 0.182. The van der Waals surface area contributed by atoms with Crippen molar-refractivity contribution in [3.05, 3.63) is 40.9 Å². The summed E-state index contributed by atoms with van der Waals surface area (Å²) in [4.78, 5) is 5.52. The molecule has 0 aliphatic carbocycles. The molecular formula is C11H13N3S. The number of nitrogens with one attached hydrogen (secondary N) is 1. The first-order valence-electron chi connectivity index (χ1n) is 4.75. The van der Waals surface area contributed by atoms with Gasteiger partial charge >= 0.3 is 0 Å². The molecule has 4 heteroatoms. The van der Waals surface area contributed by atoms with Crippen molar-refractivity contribution in [3.8, 4) is 10.6 Å². The summed E-state index contributed by atoms with van der Waals surface area (Å²) in [6.45, 7) is 2.75. The van der Waals surface area contributed by atoms with E-state index in [9.17, 15) is 0 Å². The Morgan fingerprint density at radius 1 is 1.47 bits per heavy atom. The minimum Gasteiger partial charge on any atom is -0.271 e. The second kappa shape index (κ2) is 4.53. The minimum absolute atomic E-state index is 0.670. The van der Waals surface area contributed by atoms with Crippen LogP contribution in [0.4, 0.5) is 0 Å². The zero-order valence-corrected chi connectivity index (χ0v) is 9.34. The van der Waals surface area contributed by atoms with E-state index in [0.29, 0.717) is 6.54 Å². The van der Waals surface area contributed by atoms with Gasteiger partial charge in [0.2, 0.25) is 0 Å². The average Bonchev–Trinajstić information content (AvgIpc) is 2.67. The number of thiazole rings is 1. The molecule has 0 unspecified atom stereocenters.